The Kier molecular flexibility index (Phi) is 4.73. The maximum atomic E-state index is 12.1. The zero-order valence-electron chi connectivity index (χ0n) is 11.0. The zero-order chi connectivity index (χ0) is 13.0. The lowest BCUT2D eigenvalue weighted by Crippen LogP contribution is -2.48. The van der Waals surface area contributed by atoms with E-state index in [9.17, 15) is 4.79 Å². The monoisotopic (exact) mass is 230 g/mol. The Morgan fingerprint density at radius 2 is 2.12 bits per heavy atom. The molecule has 1 rings (SSSR count). The molecule has 0 atom stereocenters. The normalized spacial score (nSPS) is 13.7. The molecule has 0 N–H and O–H groups in total. The van der Waals surface area contributed by atoms with Crippen molar-refractivity contribution in [3.63, 3.8) is 0 Å². The molecule has 0 aliphatic rings. The Bertz CT molecular complexity index is 558. The highest BCUT2D eigenvalue weighted by atomic mass is 16.1. The van der Waals surface area contributed by atoms with Crippen LogP contribution in [0.25, 0.3) is 12.2 Å². The first-order valence-electron chi connectivity index (χ1n) is 6.07. The first-order chi connectivity index (χ1) is 8.02. The number of rotatable bonds is 3. The van der Waals surface area contributed by atoms with Crippen molar-refractivity contribution < 1.29 is 0 Å². The molecule has 17 heavy (non-hydrogen) atoms. The van der Waals surface area contributed by atoms with Crippen LogP contribution in [0.15, 0.2) is 4.79 Å². The van der Waals surface area contributed by atoms with Gasteiger partial charge in [0.15, 0.2) is 0 Å². The Hall–Kier alpha value is -1.32. The molecule has 0 fully saturated rings. The molecule has 4 heteroatoms. The molecular formula is C13H19BN2O. The fourth-order valence-corrected chi connectivity index (χ4v) is 1.70. The molecule has 0 spiro atoms. The lowest BCUT2D eigenvalue weighted by molar-refractivity contribution is 0.730. The molecule has 0 aliphatic carbocycles. The highest BCUT2D eigenvalue weighted by Crippen LogP contribution is 2.04. The molecule has 1 aromatic rings. The van der Waals surface area contributed by atoms with Crippen LogP contribution in [0, 0.1) is 0 Å². The van der Waals surface area contributed by atoms with Gasteiger partial charge in [-0.3, -0.25) is 4.79 Å². The van der Waals surface area contributed by atoms with E-state index in [0.717, 1.165) is 22.7 Å². The van der Waals surface area contributed by atoms with Gasteiger partial charge in [-0.25, -0.2) is 4.98 Å². The summed E-state index contributed by atoms with van der Waals surface area (Å²) in [4.78, 5) is 16.5. The number of hydrogen-bond donors (Lipinski definition) is 0. The molecule has 2 radical (unpaired) electrons. The van der Waals surface area contributed by atoms with Crippen molar-refractivity contribution in [1.82, 2.24) is 9.46 Å². The predicted molar refractivity (Wildman–Crippen MR) is 72.5 cm³/mol. The van der Waals surface area contributed by atoms with Gasteiger partial charge >= 0.3 is 0 Å². The average molecular weight is 230 g/mol. The average Bonchev–Trinajstić information content (AvgIpc) is 2.30. The first-order valence-corrected chi connectivity index (χ1v) is 6.07. The maximum absolute atomic E-state index is 12.1. The minimum Gasteiger partial charge on any atom is -0.353 e. The Balaban J connectivity index is 3.67. The van der Waals surface area contributed by atoms with E-state index in [1.807, 2.05) is 26.8 Å². The van der Waals surface area contributed by atoms with Gasteiger partial charge in [0.25, 0.3) is 0 Å². The predicted octanol–water partition coefficient (Wildman–Crippen LogP) is 0.679. The van der Waals surface area contributed by atoms with Crippen LogP contribution >= 0.6 is 0 Å². The molecule has 0 saturated heterocycles. The van der Waals surface area contributed by atoms with Crippen molar-refractivity contribution in [1.29, 1.82) is 0 Å². The molecule has 0 aromatic carbocycles. The number of aromatic nitrogens is 2. The second kappa shape index (κ2) is 5.85. The summed E-state index contributed by atoms with van der Waals surface area (Å²) in [6.07, 6.45) is 5.72. The number of hydrogen-bond acceptors (Lipinski definition) is 2. The quantitative estimate of drug-likeness (QED) is 0.715. The van der Waals surface area contributed by atoms with E-state index >= 15 is 0 Å². The van der Waals surface area contributed by atoms with Crippen LogP contribution in [0.2, 0.25) is 0 Å². The van der Waals surface area contributed by atoms with Crippen molar-refractivity contribution >= 4 is 20.1 Å². The molecule has 0 bridgehead atoms. The molecule has 0 amide bonds. The molecule has 0 aliphatic heterocycles. The van der Waals surface area contributed by atoms with Crippen LogP contribution in [-0.2, 0) is 0 Å². The SMILES string of the molecule is [B]n1c(C(C)C)nc(=C/CCC)/c(=C/C)c1=O. The third-order valence-corrected chi connectivity index (χ3v) is 2.64. The van der Waals surface area contributed by atoms with Gasteiger partial charge in [0.05, 0.1) is 10.6 Å². The standard InChI is InChI=1S/C13H19BN2O/c1-5-7-8-11-10(6-2)13(17)16(14)12(15-11)9(3)4/h6,8-9H,5,7H2,1-4H3/b10-6-,11-8+. The third kappa shape index (κ3) is 2.87. The highest BCUT2D eigenvalue weighted by molar-refractivity contribution is 6.06. The van der Waals surface area contributed by atoms with E-state index in [-0.39, 0.29) is 11.5 Å². The summed E-state index contributed by atoms with van der Waals surface area (Å²) in [5, 5.41) is 1.34. The fraction of sp³-hybridized carbons (Fsp3) is 0.538. The largest absolute Gasteiger partial charge is 0.353 e. The number of nitrogens with zero attached hydrogens (tertiary/aromatic N) is 2. The van der Waals surface area contributed by atoms with Crippen LogP contribution in [0.5, 0.6) is 0 Å². The van der Waals surface area contributed by atoms with Gasteiger partial charge in [-0.2, -0.15) is 0 Å². The van der Waals surface area contributed by atoms with E-state index in [1.165, 1.54) is 0 Å². The Labute approximate surface area is 103 Å². The van der Waals surface area contributed by atoms with E-state index in [4.69, 9.17) is 7.98 Å². The van der Waals surface area contributed by atoms with Crippen molar-refractivity contribution in [3.8, 4) is 0 Å². The second-order valence-electron chi connectivity index (χ2n) is 4.38. The molecule has 90 valence electrons. The van der Waals surface area contributed by atoms with E-state index < -0.39 is 0 Å². The summed E-state index contributed by atoms with van der Waals surface area (Å²) in [6, 6.07) is 0. The molecule has 1 heterocycles. The summed E-state index contributed by atoms with van der Waals surface area (Å²) >= 11 is 0. The van der Waals surface area contributed by atoms with E-state index in [0.29, 0.717) is 11.0 Å². The van der Waals surface area contributed by atoms with Gasteiger partial charge in [0, 0.05) is 5.92 Å². The summed E-state index contributed by atoms with van der Waals surface area (Å²) in [5.74, 6) is 0.760. The van der Waals surface area contributed by atoms with Crippen LogP contribution in [0.4, 0.5) is 0 Å². The molecule has 0 unspecified atom stereocenters. The highest BCUT2D eigenvalue weighted by Gasteiger charge is 2.07. The maximum Gasteiger partial charge on any atom is 0.247 e. The van der Waals surface area contributed by atoms with Gasteiger partial charge in [0.2, 0.25) is 13.5 Å². The van der Waals surface area contributed by atoms with E-state index in [2.05, 4.69) is 11.9 Å². The van der Waals surface area contributed by atoms with Crippen LogP contribution in [0.1, 0.15) is 52.3 Å². The summed E-state index contributed by atoms with van der Waals surface area (Å²) in [5.41, 5.74) is -0.173. The molecule has 3 nitrogen and oxygen atoms in total. The molecule has 0 saturated carbocycles. The van der Waals surface area contributed by atoms with Gasteiger partial charge in [-0.05, 0) is 13.3 Å². The van der Waals surface area contributed by atoms with Crippen molar-refractivity contribution in [3.05, 3.63) is 26.7 Å². The smallest absolute Gasteiger partial charge is 0.247 e. The minimum absolute atomic E-state index is 0.132. The molecule has 1 aromatic heterocycles. The summed E-state index contributed by atoms with van der Waals surface area (Å²) < 4.78 is 1.16. The van der Waals surface area contributed by atoms with Crippen LogP contribution in [-0.4, -0.2) is 17.4 Å². The van der Waals surface area contributed by atoms with E-state index in [1.54, 1.807) is 6.08 Å². The Morgan fingerprint density at radius 1 is 1.47 bits per heavy atom. The molecular weight excluding hydrogens is 211 g/mol. The van der Waals surface area contributed by atoms with Crippen molar-refractivity contribution in [2.75, 3.05) is 0 Å². The fourth-order valence-electron chi connectivity index (χ4n) is 1.70. The van der Waals surface area contributed by atoms with Gasteiger partial charge in [-0.1, -0.05) is 39.3 Å². The lowest BCUT2D eigenvalue weighted by atomic mass is 10.1. The topological polar surface area (TPSA) is 34.9 Å². The van der Waals surface area contributed by atoms with Crippen LogP contribution in [0.3, 0.4) is 0 Å². The van der Waals surface area contributed by atoms with Gasteiger partial charge in [-0.15, -0.1) is 0 Å². The minimum atomic E-state index is -0.173. The summed E-state index contributed by atoms with van der Waals surface area (Å²) in [6.45, 7) is 7.88. The van der Waals surface area contributed by atoms with Crippen molar-refractivity contribution in [2.24, 2.45) is 0 Å². The first kappa shape index (κ1) is 13.7. The lowest BCUT2D eigenvalue weighted by Gasteiger charge is -2.10. The Morgan fingerprint density at radius 3 is 2.59 bits per heavy atom. The van der Waals surface area contributed by atoms with Gasteiger partial charge in [0.1, 0.15) is 5.82 Å². The zero-order valence-corrected chi connectivity index (χ0v) is 11.0. The third-order valence-electron chi connectivity index (χ3n) is 2.64. The van der Waals surface area contributed by atoms with Gasteiger partial charge < -0.3 is 4.48 Å². The summed E-state index contributed by atoms with van der Waals surface area (Å²) in [7, 11) is 5.77. The second-order valence-corrected chi connectivity index (χ2v) is 4.38. The number of unbranched alkanes of at least 4 members (excludes halogenated alkanes) is 1. The van der Waals surface area contributed by atoms with Crippen LogP contribution < -0.4 is 16.1 Å². The van der Waals surface area contributed by atoms with Crippen molar-refractivity contribution in [2.45, 2.75) is 46.5 Å².